The van der Waals surface area contributed by atoms with Crippen molar-refractivity contribution in [1.29, 1.82) is 0 Å². The SMILES string of the molecule is C=CC(=O)N1CCc2nn(-c3ccc(C4CCC4)cc3)c3c2C(C1)N(C(=O)c1ccc(Br)c2[nH]nc(N)c12)CC3. The Balaban J connectivity index is 1.31. The number of nitrogens with zero attached hydrogens (tertiary/aromatic N) is 5. The Morgan fingerprint density at radius 3 is 2.62 bits per heavy atom. The molecule has 1 saturated carbocycles. The van der Waals surface area contributed by atoms with Crippen molar-refractivity contribution in [3.05, 3.63) is 81.6 Å². The molecule has 0 bridgehead atoms. The van der Waals surface area contributed by atoms with Gasteiger partial charge in [0.1, 0.15) is 0 Å². The van der Waals surface area contributed by atoms with Crippen molar-refractivity contribution in [2.75, 3.05) is 25.4 Å². The zero-order chi connectivity index (χ0) is 27.5. The van der Waals surface area contributed by atoms with E-state index in [9.17, 15) is 9.59 Å². The molecule has 1 unspecified atom stereocenters. The molecule has 4 aromatic rings. The highest BCUT2D eigenvalue weighted by Gasteiger charge is 2.40. The molecule has 10 heteroatoms. The summed E-state index contributed by atoms with van der Waals surface area (Å²) in [7, 11) is 0. The van der Waals surface area contributed by atoms with Crippen LogP contribution in [0.2, 0.25) is 0 Å². The second-order valence-electron chi connectivity index (χ2n) is 10.9. The molecule has 2 aliphatic heterocycles. The normalized spacial score (nSPS) is 18.8. The number of carbonyl (C=O) groups is 2. The van der Waals surface area contributed by atoms with Gasteiger partial charge in [-0.3, -0.25) is 14.7 Å². The lowest BCUT2D eigenvalue weighted by molar-refractivity contribution is -0.126. The van der Waals surface area contributed by atoms with Gasteiger partial charge in [0.05, 0.1) is 39.6 Å². The first-order chi connectivity index (χ1) is 19.4. The summed E-state index contributed by atoms with van der Waals surface area (Å²) in [5.74, 6) is 0.667. The molecule has 204 valence electrons. The van der Waals surface area contributed by atoms with Crippen molar-refractivity contribution in [3.8, 4) is 5.69 Å². The molecule has 3 aliphatic rings. The predicted octanol–water partition coefficient (Wildman–Crippen LogP) is 4.67. The minimum atomic E-state index is -0.340. The first kappa shape index (κ1) is 25.1. The van der Waals surface area contributed by atoms with Crippen LogP contribution in [0.5, 0.6) is 0 Å². The zero-order valence-electron chi connectivity index (χ0n) is 22.1. The third kappa shape index (κ3) is 3.88. The Labute approximate surface area is 240 Å². The van der Waals surface area contributed by atoms with E-state index >= 15 is 0 Å². The first-order valence-electron chi connectivity index (χ1n) is 13.8. The average Bonchev–Trinajstić information content (AvgIpc) is 3.45. The van der Waals surface area contributed by atoms with Crippen LogP contribution in [0.1, 0.15) is 64.1 Å². The van der Waals surface area contributed by atoms with Crippen molar-refractivity contribution >= 4 is 44.5 Å². The minimum Gasteiger partial charge on any atom is -0.382 e. The van der Waals surface area contributed by atoms with Crippen LogP contribution >= 0.6 is 15.9 Å². The number of fused-ring (bicyclic) bond motifs is 1. The smallest absolute Gasteiger partial charge is 0.255 e. The van der Waals surface area contributed by atoms with Gasteiger partial charge in [-0.05, 0) is 70.6 Å². The topological polar surface area (TPSA) is 113 Å². The Morgan fingerprint density at radius 1 is 1.10 bits per heavy atom. The molecule has 2 amide bonds. The van der Waals surface area contributed by atoms with E-state index < -0.39 is 0 Å². The van der Waals surface area contributed by atoms with Crippen molar-refractivity contribution in [2.45, 2.75) is 44.1 Å². The van der Waals surface area contributed by atoms with E-state index in [1.165, 1.54) is 30.9 Å². The predicted molar refractivity (Wildman–Crippen MR) is 156 cm³/mol. The van der Waals surface area contributed by atoms with E-state index in [1.807, 2.05) is 11.0 Å². The number of nitrogens with one attached hydrogen (secondary N) is 1. The van der Waals surface area contributed by atoms with Gasteiger partial charge in [0.2, 0.25) is 5.91 Å². The molecule has 2 aromatic carbocycles. The molecule has 1 atom stereocenters. The molecule has 1 aliphatic carbocycles. The van der Waals surface area contributed by atoms with Gasteiger partial charge in [-0.15, -0.1) is 0 Å². The van der Waals surface area contributed by atoms with Gasteiger partial charge in [-0.2, -0.15) is 10.2 Å². The summed E-state index contributed by atoms with van der Waals surface area (Å²) in [4.78, 5) is 30.6. The number of hydrogen-bond acceptors (Lipinski definition) is 5. The van der Waals surface area contributed by atoms with E-state index in [2.05, 4.69) is 61.7 Å². The number of carbonyl (C=O) groups excluding carboxylic acids is 2. The van der Waals surface area contributed by atoms with Crippen molar-refractivity contribution in [2.24, 2.45) is 0 Å². The number of nitrogens with two attached hydrogens (primary N) is 1. The number of anilines is 1. The van der Waals surface area contributed by atoms with Gasteiger partial charge < -0.3 is 15.5 Å². The highest BCUT2D eigenvalue weighted by atomic mass is 79.9. The molecule has 3 N–H and O–H groups in total. The fraction of sp³-hybridized carbons (Fsp3) is 0.333. The summed E-state index contributed by atoms with van der Waals surface area (Å²) in [6.45, 7) is 5.09. The van der Waals surface area contributed by atoms with E-state index in [4.69, 9.17) is 10.8 Å². The number of rotatable bonds is 4. The van der Waals surface area contributed by atoms with E-state index in [1.54, 1.807) is 11.0 Å². The van der Waals surface area contributed by atoms with Crippen molar-refractivity contribution in [1.82, 2.24) is 29.8 Å². The van der Waals surface area contributed by atoms with Gasteiger partial charge >= 0.3 is 0 Å². The quantitative estimate of drug-likeness (QED) is 0.331. The second kappa shape index (κ2) is 9.62. The van der Waals surface area contributed by atoms with Crippen molar-refractivity contribution < 1.29 is 9.59 Å². The van der Waals surface area contributed by atoms with Gasteiger partial charge in [0.25, 0.3) is 5.91 Å². The fourth-order valence-electron chi connectivity index (χ4n) is 6.47. The van der Waals surface area contributed by atoms with Crippen LogP contribution in [-0.2, 0) is 17.6 Å². The summed E-state index contributed by atoms with van der Waals surface area (Å²) in [5, 5.41) is 12.7. The van der Waals surface area contributed by atoms with Gasteiger partial charge in [0, 0.05) is 42.5 Å². The molecule has 4 heterocycles. The summed E-state index contributed by atoms with van der Waals surface area (Å²) in [6, 6.07) is 12.1. The summed E-state index contributed by atoms with van der Waals surface area (Å²) < 4.78 is 2.84. The highest BCUT2D eigenvalue weighted by molar-refractivity contribution is 9.10. The van der Waals surface area contributed by atoms with Crippen LogP contribution < -0.4 is 5.73 Å². The molecule has 2 aromatic heterocycles. The molecular formula is C30H30BrN7O2. The first-order valence-corrected chi connectivity index (χ1v) is 14.6. The maximum absolute atomic E-state index is 14.2. The number of nitrogen functional groups attached to an aromatic ring is 1. The Kier molecular flexibility index (Phi) is 6.03. The number of amides is 2. The molecule has 9 nitrogen and oxygen atoms in total. The van der Waals surface area contributed by atoms with Crippen molar-refractivity contribution in [3.63, 3.8) is 0 Å². The summed E-state index contributed by atoms with van der Waals surface area (Å²) in [5.41, 5.74) is 12.9. The Morgan fingerprint density at radius 2 is 1.90 bits per heavy atom. The van der Waals surface area contributed by atoms with Gasteiger partial charge in [-0.25, -0.2) is 4.68 Å². The number of aromatic amines is 1. The number of hydrogen-bond donors (Lipinski definition) is 2. The van der Waals surface area contributed by atoms with E-state index in [0.717, 1.165) is 27.1 Å². The van der Waals surface area contributed by atoms with Crippen LogP contribution in [0.3, 0.4) is 0 Å². The van der Waals surface area contributed by atoms with Crippen LogP contribution in [0, 0.1) is 0 Å². The average molecular weight is 601 g/mol. The maximum atomic E-state index is 14.2. The monoisotopic (exact) mass is 599 g/mol. The Bertz CT molecular complexity index is 1670. The van der Waals surface area contributed by atoms with Crippen LogP contribution in [-0.4, -0.2) is 61.2 Å². The number of benzene rings is 2. The minimum absolute atomic E-state index is 0.141. The maximum Gasteiger partial charge on any atom is 0.255 e. The zero-order valence-corrected chi connectivity index (χ0v) is 23.7. The Hall–Kier alpha value is -3.92. The number of halogens is 1. The molecule has 1 fully saturated rings. The lowest BCUT2D eigenvalue weighted by Gasteiger charge is -2.38. The van der Waals surface area contributed by atoms with E-state index in [0.29, 0.717) is 54.9 Å². The van der Waals surface area contributed by atoms with E-state index in [-0.39, 0.29) is 23.7 Å². The number of H-pyrrole nitrogens is 1. The van der Waals surface area contributed by atoms with Crippen LogP contribution in [0.4, 0.5) is 5.82 Å². The molecule has 7 rings (SSSR count). The third-order valence-corrected chi connectivity index (χ3v) is 9.46. The lowest BCUT2D eigenvalue weighted by Crippen LogP contribution is -2.45. The van der Waals surface area contributed by atoms with Gasteiger partial charge in [0.15, 0.2) is 5.82 Å². The molecular weight excluding hydrogens is 570 g/mol. The lowest BCUT2D eigenvalue weighted by atomic mass is 9.80. The molecule has 0 saturated heterocycles. The fourth-order valence-corrected chi connectivity index (χ4v) is 6.89. The second-order valence-corrected chi connectivity index (χ2v) is 11.7. The van der Waals surface area contributed by atoms with Crippen LogP contribution in [0.25, 0.3) is 16.6 Å². The van der Waals surface area contributed by atoms with Crippen LogP contribution in [0.15, 0.2) is 53.5 Å². The molecule has 0 spiro atoms. The largest absolute Gasteiger partial charge is 0.382 e. The standard InChI is InChI=1S/C30H30BrN7O2/c1-2-25(39)36-14-12-22-27-23(38(35-22)19-8-6-18(7-9-19)17-4-3-5-17)13-15-37(24(27)16-36)30(40)20-10-11-21(31)28-26(20)29(32)34-33-28/h2,6-11,17,24H,1,3-5,12-16H2,(H3,32,33,34). The summed E-state index contributed by atoms with van der Waals surface area (Å²) >= 11 is 3.53. The third-order valence-electron chi connectivity index (χ3n) is 8.80. The molecule has 40 heavy (non-hydrogen) atoms. The highest BCUT2D eigenvalue weighted by Crippen LogP contribution is 2.40. The van der Waals surface area contributed by atoms with Gasteiger partial charge in [-0.1, -0.05) is 25.1 Å². The number of aromatic nitrogens is 4. The molecule has 0 radical (unpaired) electrons. The summed E-state index contributed by atoms with van der Waals surface area (Å²) in [6.07, 6.45) is 6.45.